The number of fused-ring (bicyclic) bond motifs is 1. The van der Waals surface area contributed by atoms with Crippen molar-refractivity contribution in [3.8, 4) is 11.4 Å². The molecule has 0 saturated carbocycles. The molecule has 4 heteroatoms. The lowest BCUT2D eigenvalue weighted by Gasteiger charge is -2.16. The van der Waals surface area contributed by atoms with Gasteiger partial charge in [-0.05, 0) is 19.1 Å². The predicted molar refractivity (Wildman–Crippen MR) is 79.5 cm³/mol. The Morgan fingerprint density at radius 3 is 3.05 bits per heavy atom. The maximum Gasteiger partial charge on any atom is 0.121 e. The van der Waals surface area contributed by atoms with Crippen molar-refractivity contribution in [2.45, 2.75) is 33.2 Å². The number of benzene rings is 1. The summed E-state index contributed by atoms with van der Waals surface area (Å²) in [6.07, 6.45) is 1.97. The number of hydrogen-bond acceptors (Lipinski definition) is 3. The molecule has 0 spiro atoms. The van der Waals surface area contributed by atoms with Gasteiger partial charge in [0.05, 0.1) is 18.0 Å². The predicted octanol–water partition coefficient (Wildman–Crippen LogP) is 2.48. The van der Waals surface area contributed by atoms with E-state index >= 15 is 0 Å². The fourth-order valence-corrected chi connectivity index (χ4v) is 2.79. The van der Waals surface area contributed by atoms with Crippen LogP contribution in [-0.4, -0.2) is 22.7 Å². The summed E-state index contributed by atoms with van der Waals surface area (Å²) >= 11 is 0. The molecule has 106 valence electrons. The molecule has 0 amide bonds. The summed E-state index contributed by atoms with van der Waals surface area (Å²) in [7, 11) is 0. The molecular formula is C16H21N3O. The molecule has 0 atom stereocenters. The van der Waals surface area contributed by atoms with Crippen molar-refractivity contribution >= 4 is 0 Å². The number of rotatable bonds is 4. The van der Waals surface area contributed by atoms with E-state index in [0.717, 1.165) is 43.2 Å². The van der Waals surface area contributed by atoms with E-state index in [-0.39, 0.29) is 0 Å². The smallest absolute Gasteiger partial charge is 0.121 e. The highest BCUT2D eigenvalue weighted by atomic mass is 16.5. The van der Waals surface area contributed by atoms with Crippen LogP contribution in [0, 0.1) is 0 Å². The Bertz CT molecular complexity index is 604. The highest BCUT2D eigenvalue weighted by Gasteiger charge is 2.19. The Morgan fingerprint density at radius 2 is 2.25 bits per heavy atom. The Hall–Kier alpha value is -1.81. The Kier molecular flexibility index (Phi) is 3.74. The van der Waals surface area contributed by atoms with E-state index in [9.17, 15) is 0 Å². The van der Waals surface area contributed by atoms with Gasteiger partial charge in [-0.15, -0.1) is 0 Å². The van der Waals surface area contributed by atoms with Crippen LogP contribution in [0.5, 0.6) is 5.75 Å². The van der Waals surface area contributed by atoms with Crippen LogP contribution in [0.1, 0.15) is 31.1 Å². The van der Waals surface area contributed by atoms with Crippen LogP contribution < -0.4 is 10.1 Å². The van der Waals surface area contributed by atoms with E-state index in [1.54, 1.807) is 0 Å². The first-order chi connectivity index (χ1) is 9.83. The van der Waals surface area contributed by atoms with Gasteiger partial charge < -0.3 is 14.6 Å². The van der Waals surface area contributed by atoms with E-state index in [1.165, 1.54) is 11.4 Å². The lowest BCUT2D eigenvalue weighted by molar-refractivity contribution is 0.340. The van der Waals surface area contributed by atoms with Gasteiger partial charge in [0, 0.05) is 37.7 Å². The van der Waals surface area contributed by atoms with E-state index in [0.29, 0.717) is 6.61 Å². The monoisotopic (exact) mass is 271 g/mol. The summed E-state index contributed by atoms with van der Waals surface area (Å²) < 4.78 is 7.92. The van der Waals surface area contributed by atoms with Crippen molar-refractivity contribution in [1.82, 2.24) is 14.9 Å². The molecule has 1 aromatic heterocycles. The van der Waals surface area contributed by atoms with Crippen molar-refractivity contribution in [2.24, 2.45) is 0 Å². The highest BCUT2D eigenvalue weighted by molar-refractivity contribution is 5.43. The van der Waals surface area contributed by atoms with Crippen molar-refractivity contribution in [1.29, 1.82) is 0 Å². The van der Waals surface area contributed by atoms with E-state index in [1.807, 2.05) is 19.1 Å². The number of nitrogens with zero attached hydrogens (tertiary/aromatic N) is 2. The van der Waals surface area contributed by atoms with Gasteiger partial charge in [0.25, 0.3) is 0 Å². The van der Waals surface area contributed by atoms with E-state index < -0.39 is 0 Å². The quantitative estimate of drug-likeness (QED) is 0.928. The molecule has 2 heterocycles. The van der Waals surface area contributed by atoms with Crippen LogP contribution in [0.2, 0.25) is 0 Å². The number of nitrogens with one attached hydrogen (secondary N) is 1. The average Bonchev–Trinajstić information content (AvgIpc) is 2.86. The van der Waals surface area contributed by atoms with Crippen LogP contribution in [0.3, 0.4) is 0 Å². The first kappa shape index (κ1) is 13.2. The standard InChI is InChI=1S/C16H21N3O/c1-3-16-18-14-11-17-9-8-15(14)19(16)12-6-5-7-13(10-12)20-4-2/h5-7,10,17H,3-4,8-9,11H2,1-2H3. The minimum atomic E-state index is 0.691. The van der Waals surface area contributed by atoms with E-state index in [2.05, 4.69) is 28.9 Å². The summed E-state index contributed by atoms with van der Waals surface area (Å²) in [5.41, 5.74) is 3.69. The molecule has 1 aliphatic rings. The molecule has 4 nitrogen and oxygen atoms in total. The van der Waals surface area contributed by atoms with Crippen molar-refractivity contribution < 1.29 is 4.74 Å². The number of aryl methyl sites for hydroxylation is 1. The van der Waals surface area contributed by atoms with Gasteiger partial charge >= 0.3 is 0 Å². The molecule has 20 heavy (non-hydrogen) atoms. The van der Waals surface area contributed by atoms with Crippen LogP contribution in [0.4, 0.5) is 0 Å². The molecule has 0 unspecified atom stereocenters. The second kappa shape index (κ2) is 5.67. The van der Waals surface area contributed by atoms with Crippen LogP contribution in [-0.2, 0) is 19.4 Å². The molecule has 0 saturated heterocycles. The first-order valence-electron chi connectivity index (χ1n) is 7.36. The van der Waals surface area contributed by atoms with Gasteiger partial charge in [-0.1, -0.05) is 13.0 Å². The number of hydrogen-bond donors (Lipinski definition) is 1. The van der Waals surface area contributed by atoms with Crippen LogP contribution in [0.15, 0.2) is 24.3 Å². The number of ether oxygens (including phenoxy) is 1. The highest BCUT2D eigenvalue weighted by Crippen LogP contribution is 2.24. The van der Waals surface area contributed by atoms with Crippen molar-refractivity contribution in [3.05, 3.63) is 41.5 Å². The van der Waals surface area contributed by atoms with Gasteiger partial charge in [0.2, 0.25) is 0 Å². The fraction of sp³-hybridized carbons (Fsp3) is 0.438. The fourth-order valence-electron chi connectivity index (χ4n) is 2.79. The zero-order valence-corrected chi connectivity index (χ0v) is 12.1. The first-order valence-corrected chi connectivity index (χ1v) is 7.36. The SMILES string of the molecule is CCOc1cccc(-n2c(CC)nc3c2CCNC3)c1. The molecule has 1 aliphatic heterocycles. The minimum Gasteiger partial charge on any atom is -0.494 e. The molecular weight excluding hydrogens is 250 g/mol. The summed E-state index contributed by atoms with van der Waals surface area (Å²) in [5.74, 6) is 2.05. The lowest BCUT2D eigenvalue weighted by Crippen LogP contribution is -2.24. The zero-order valence-electron chi connectivity index (χ0n) is 12.1. The second-order valence-electron chi connectivity index (χ2n) is 4.97. The van der Waals surface area contributed by atoms with Gasteiger partial charge in [-0.2, -0.15) is 0 Å². The van der Waals surface area contributed by atoms with Gasteiger partial charge in [0.15, 0.2) is 0 Å². The average molecular weight is 271 g/mol. The molecule has 1 aromatic carbocycles. The third kappa shape index (κ3) is 2.31. The van der Waals surface area contributed by atoms with Gasteiger partial charge in [-0.25, -0.2) is 4.98 Å². The topological polar surface area (TPSA) is 39.1 Å². The Labute approximate surface area is 119 Å². The second-order valence-corrected chi connectivity index (χ2v) is 4.97. The summed E-state index contributed by atoms with van der Waals surface area (Å²) in [6.45, 7) is 6.75. The lowest BCUT2D eigenvalue weighted by atomic mass is 10.1. The zero-order chi connectivity index (χ0) is 13.9. The molecule has 2 aromatic rings. The van der Waals surface area contributed by atoms with Crippen LogP contribution >= 0.6 is 0 Å². The van der Waals surface area contributed by atoms with Gasteiger partial charge in [-0.3, -0.25) is 0 Å². The molecule has 0 bridgehead atoms. The van der Waals surface area contributed by atoms with Crippen molar-refractivity contribution in [3.63, 3.8) is 0 Å². The number of imidazole rings is 1. The van der Waals surface area contributed by atoms with E-state index in [4.69, 9.17) is 9.72 Å². The molecule has 0 aliphatic carbocycles. The Balaban J connectivity index is 2.08. The maximum absolute atomic E-state index is 5.62. The van der Waals surface area contributed by atoms with Crippen molar-refractivity contribution in [2.75, 3.05) is 13.2 Å². The third-order valence-corrected chi connectivity index (χ3v) is 3.66. The molecule has 1 N–H and O–H groups in total. The summed E-state index contributed by atoms with van der Waals surface area (Å²) in [6, 6.07) is 8.29. The third-order valence-electron chi connectivity index (χ3n) is 3.66. The van der Waals surface area contributed by atoms with Crippen LogP contribution in [0.25, 0.3) is 5.69 Å². The maximum atomic E-state index is 5.62. The molecule has 0 radical (unpaired) electrons. The summed E-state index contributed by atoms with van der Waals surface area (Å²) in [5, 5.41) is 3.39. The molecule has 0 fully saturated rings. The molecule has 3 rings (SSSR count). The largest absolute Gasteiger partial charge is 0.494 e. The minimum absolute atomic E-state index is 0.691. The summed E-state index contributed by atoms with van der Waals surface area (Å²) in [4.78, 5) is 4.78. The van der Waals surface area contributed by atoms with Gasteiger partial charge in [0.1, 0.15) is 11.6 Å². The Morgan fingerprint density at radius 1 is 1.35 bits per heavy atom. The number of aromatic nitrogens is 2. The normalized spacial score (nSPS) is 14.1.